The summed E-state index contributed by atoms with van der Waals surface area (Å²) in [6, 6.07) is 8.06. The number of anilines is 1. The van der Waals surface area contributed by atoms with E-state index in [1.807, 2.05) is 0 Å². The van der Waals surface area contributed by atoms with Crippen LogP contribution in [0.15, 0.2) is 41.3 Å². The van der Waals surface area contributed by atoms with E-state index in [9.17, 15) is 4.79 Å². The molecular formula is C11H8Cl2N2O. The van der Waals surface area contributed by atoms with Crippen LogP contribution in [0.2, 0.25) is 10.0 Å². The molecule has 0 spiro atoms. The van der Waals surface area contributed by atoms with E-state index in [0.29, 0.717) is 21.4 Å². The summed E-state index contributed by atoms with van der Waals surface area (Å²) >= 11 is 11.9. The third-order valence-corrected chi connectivity index (χ3v) is 2.94. The van der Waals surface area contributed by atoms with E-state index in [-0.39, 0.29) is 5.56 Å². The molecule has 0 atom stereocenters. The van der Waals surface area contributed by atoms with Crippen molar-refractivity contribution in [2.24, 2.45) is 0 Å². The molecule has 0 saturated heterocycles. The molecule has 16 heavy (non-hydrogen) atoms. The predicted octanol–water partition coefficient (Wildman–Crippen LogP) is 2.73. The van der Waals surface area contributed by atoms with E-state index in [1.165, 1.54) is 10.6 Å². The third kappa shape index (κ3) is 1.92. The van der Waals surface area contributed by atoms with Crippen molar-refractivity contribution >= 4 is 28.9 Å². The van der Waals surface area contributed by atoms with Crippen LogP contribution in [0.25, 0.3) is 5.69 Å². The molecule has 0 amide bonds. The first kappa shape index (κ1) is 11.0. The van der Waals surface area contributed by atoms with Crippen LogP contribution in [-0.4, -0.2) is 4.57 Å². The van der Waals surface area contributed by atoms with Gasteiger partial charge in [0, 0.05) is 18.0 Å². The molecule has 0 radical (unpaired) electrons. The van der Waals surface area contributed by atoms with Gasteiger partial charge in [-0.25, -0.2) is 0 Å². The van der Waals surface area contributed by atoms with Crippen LogP contribution in [0.1, 0.15) is 0 Å². The van der Waals surface area contributed by atoms with Crippen molar-refractivity contribution in [2.75, 3.05) is 5.73 Å². The van der Waals surface area contributed by atoms with Gasteiger partial charge in [0.2, 0.25) is 0 Å². The summed E-state index contributed by atoms with van der Waals surface area (Å²) in [4.78, 5) is 11.7. The van der Waals surface area contributed by atoms with E-state index in [2.05, 4.69) is 0 Å². The summed E-state index contributed by atoms with van der Waals surface area (Å²) in [6.45, 7) is 0. The van der Waals surface area contributed by atoms with Crippen LogP contribution in [0.5, 0.6) is 0 Å². The fourth-order valence-electron chi connectivity index (χ4n) is 1.37. The van der Waals surface area contributed by atoms with Crippen LogP contribution < -0.4 is 11.3 Å². The molecule has 0 unspecified atom stereocenters. The Balaban J connectivity index is 2.68. The van der Waals surface area contributed by atoms with E-state index in [1.54, 1.807) is 30.5 Å². The molecule has 2 N–H and O–H groups in total. The molecule has 0 fully saturated rings. The van der Waals surface area contributed by atoms with E-state index < -0.39 is 0 Å². The Bertz CT molecular complexity index is 593. The van der Waals surface area contributed by atoms with Crippen molar-refractivity contribution < 1.29 is 0 Å². The third-order valence-electron chi connectivity index (χ3n) is 2.13. The van der Waals surface area contributed by atoms with Crippen LogP contribution in [0.3, 0.4) is 0 Å². The first-order valence-corrected chi connectivity index (χ1v) is 5.28. The molecule has 0 bridgehead atoms. The lowest BCUT2D eigenvalue weighted by molar-refractivity contribution is 0.993. The van der Waals surface area contributed by atoms with Gasteiger partial charge in [0.25, 0.3) is 5.56 Å². The van der Waals surface area contributed by atoms with Crippen molar-refractivity contribution in [3.05, 3.63) is 56.9 Å². The first-order chi connectivity index (χ1) is 7.59. The standard InChI is InChI=1S/C11H8Cl2N2O/c12-8-2-1-3-9(11(8)13)15-5-4-7(14)6-10(15)16/h1-6H,14H2. The van der Waals surface area contributed by atoms with Crippen molar-refractivity contribution in [1.82, 2.24) is 4.57 Å². The fraction of sp³-hybridized carbons (Fsp3) is 0. The number of nitrogens with zero attached hydrogens (tertiary/aromatic N) is 1. The molecule has 5 heteroatoms. The van der Waals surface area contributed by atoms with Gasteiger partial charge in [0.05, 0.1) is 15.7 Å². The molecule has 0 aliphatic rings. The second-order valence-corrected chi connectivity index (χ2v) is 4.03. The largest absolute Gasteiger partial charge is 0.399 e. The lowest BCUT2D eigenvalue weighted by Gasteiger charge is -2.08. The molecule has 3 nitrogen and oxygen atoms in total. The smallest absolute Gasteiger partial charge is 0.257 e. The molecule has 1 aromatic carbocycles. The number of pyridine rings is 1. The lowest BCUT2D eigenvalue weighted by atomic mass is 10.3. The van der Waals surface area contributed by atoms with Crippen molar-refractivity contribution in [1.29, 1.82) is 0 Å². The molecule has 0 aliphatic heterocycles. The quantitative estimate of drug-likeness (QED) is 0.851. The molecular weight excluding hydrogens is 247 g/mol. The average Bonchev–Trinajstić information content (AvgIpc) is 2.23. The molecule has 2 rings (SSSR count). The van der Waals surface area contributed by atoms with Crippen molar-refractivity contribution in [3.63, 3.8) is 0 Å². The molecule has 1 aromatic heterocycles. The number of halogens is 2. The zero-order valence-corrected chi connectivity index (χ0v) is 9.66. The van der Waals surface area contributed by atoms with Gasteiger partial charge in [0.15, 0.2) is 0 Å². The highest BCUT2D eigenvalue weighted by atomic mass is 35.5. The maximum absolute atomic E-state index is 11.7. The molecule has 2 aromatic rings. The Morgan fingerprint density at radius 1 is 1.19 bits per heavy atom. The Labute approximate surface area is 102 Å². The number of hydrogen-bond donors (Lipinski definition) is 1. The van der Waals surface area contributed by atoms with Crippen molar-refractivity contribution in [2.45, 2.75) is 0 Å². The second kappa shape index (κ2) is 4.20. The Hall–Kier alpha value is -1.45. The minimum absolute atomic E-state index is 0.246. The maximum Gasteiger partial charge on any atom is 0.257 e. The van der Waals surface area contributed by atoms with Gasteiger partial charge in [-0.2, -0.15) is 0 Å². The first-order valence-electron chi connectivity index (χ1n) is 4.52. The minimum atomic E-state index is -0.246. The van der Waals surface area contributed by atoms with Gasteiger partial charge in [-0.1, -0.05) is 29.3 Å². The number of rotatable bonds is 1. The van der Waals surface area contributed by atoms with Crippen LogP contribution >= 0.6 is 23.2 Å². The summed E-state index contributed by atoms with van der Waals surface area (Å²) < 4.78 is 1.39. The second-order valence-electron chi connectivity index (χ2n) is 3.24. The van der Waals surface area contributed by atoms with Crippen molar-refractivity contribution in [3.8, 4) is 5.69 Å². The van der Waals surface area contributed by atoms with Gasteiger partial charge in [-0.15, -0.1) is 0 Å². The molecule has 1 heterocycles. The number of benzene rings is 1. The van der Waals surface area contributed by atoms with Gasteiger partial charge < -0.3 is 5.73 Å². The fourth-order valence-corrected chi connectivity index (χ4v) is 1.76. The molecule has 0 saturated carbocycles. The van der Waals surface area contributed by atoms with Gasteiger partial charge in [0.1, 0.15) is 0 Å². The number of hydrogen-bond acceptors (Lipinski definition) is 2. The number of aromatic nitrogens is 1. The highest BCUT2D eigenvalue weighted by Gasteiger charge is 2.07. The van der Waals surface area contributed by atoms with Gasteiger partial charge in [-0.3, -0.25) is 9.36 Å². The van der Waals surface area contributed by atoms with Crippen LogP contribution in [0, 0.1) is 0 Å². The Kier molecular flexibility index (Phi) is 2.90. The highest BCUT2D eigenvalue weighted by Crippen LogP contribution is 2.27. The molecule has 0 aliphatic carbocycles. The van der Waals surface area contributed by atoms with Gasteiger partial charge >= 0.3 is 0 Å². The number of nitrogen functional groups attached to an aromatic ring is 1. The monoisotopic (exact) mass is 254 g/mol. The molecule has 82 valence electrons. The minimum Gasteiger partial charge on any atom is -0.399 e. The zero-order valence-electron chi connectivity index (χ0n) is 8.15. The zero-order chi connectivity index (χ0) is 11.7. The summed E-state index contributed by atoms with van der Waals surface area (Å²) in [5.74, 6) is 0. The summed E-state index contributed by atoms with van der Waals surface area (Å²) in [7, 11) is 0. The highest BCUT2D eigenvalue weighted by molar-refractivity contribution is 6.43. The van der Waals surface area contributed by atoms with Crippen LogP contribution in [-0.2, 0) is 0 Å². The average molecular weight is 255 g/mol. The Morgan fingerprint density at radius 3 is 2.62 bits per heavy atom. The Morgan fingerprint density at radius 2 is 1.94 bits per heavy atom. The normalized spacial score (nSPS) is 10.4. The summed E-state index contributed by atoms with van der Waals surface area (Å²) in [5.41, 5.74) is 6.21. The predicted molar refractivity (Wildman–Crippen MR) is 66.5 cm³/mol. The summed E-state index contributed by atoms with van der Waals surface area (Å²) in [5, 5.41) is 0.749. The van der Waals surface area contributed by atoms with Crippen LogP contribution in [0.4, 0.5) is 5.69 Å². The summed E-state index contributed by atoms with van der Waals surface area (Å²) in [6.07, 6.45) is 1.56. The van der Waals surface area contributed by atoms with E-state index in [4.69, 9.17) is 28.9 Å². The maximum atomic E-state index is 11.7. The lowest BCUT2D eigenvalue weighted by Crippen LogP contribution is -2.17. The number of nitrogens with two attached hydrogens (primary N) is 1. The van der Waals surface area contributed by atoms with E-state index in [0.717, 1.165) is 0 Å². The van der Waals surface area contributed by atoms with Gasteiger partial charge in [-0.05, 0) is 18.2 Å². The van der Waals surface area contributed by atoms with E-state index >= 15 is 0 Å². The SMILES string of the molecule is Nc1ccn(-c2cccc(Cl)c2Cl)c(=O)c1. The topological polar surface area (TPSA) is 48.0 Å².